The van der Waals surface area contributed by atoms with Crippen molar-refractivity contribution in [2.24, 2.45) is 11.1 Å². The average molecular weight is 406 g/mol. The molecule has 0 bridgehead atoms. The Morgan fingerprint density at radius 2 is 1.81 bits per heavy atom. The van der Waals surface area contributed by atoms with Crippen molar-refractivity contribution in [2.75, 3.05) is 44.4 Å². The summed E-state index contributed by atoms with van der Waals surface area (Å²) in [6, 6.07) is 4.06. The number of benzene rings is 1. The number of sulfonamides is 1. The van der Waals surface area contributed by atoms with Crippen molar-refractivity contribution in [3.63, 3.8) is 0 Å². The molecule has 148 valence electrons. The van der Waals surface area contributed by atoms with Crippen LogP contribution in [0, 0.1) is 5.92 Å². The molecule has 1 atom stereocenters. The van der Waals surface area contributed by atoms with Gasteiger partial charge in [-0.25, -0.2) is 22.0 Å². The van der Waals surface area contributed by atoms with Gasteiger partial charge in [-0.05, 0) is 24.1 Å². The lowest BCUT2D eigenvalue weighted by atomic mass is 10.0. The maximum Gasteiger partial charge on any atom is 0.238 e. The highest BCUT2D eigenvalue weighted by molar-refractivity contribution is 7.91. The molecule has 0 aromatic heterocycles. The first kappa shape index (κ1) is 21.1. The quantitative estimate of drug-likeness (QED) is 0.678. The molecule has 0 spiro atoms. The van der Waals surface area contributed by atoms with Crippen LogP contribution in [-0.4, -0.2) is 66.9 Å². The van der Waals surface area contributed by atoms with E-state index >= 15 is 0 Å². The fourth-order valence-electron chi connectivity index (χ4n) is 3.04. The van der Waals surface area contributed by atoms with E-state index in [1.165, 1.54) is 12.1 Å². The van der Waals surface area contributed by atoms with E-state index in [2.05, 4.69) is 24.1 Å². The van der Waals surface area contributed by atoms with Gasteiger partial charge in [-0.1, -0.05) is 13.8 Å². The van der Waals surface area contributed by atoms with Crippen molar-refractivity contribution in [1.82, 2.24) is 4.90 Å². The van der Waals surface area contributed by atoms with Gasteiger partial charge in [-0.2, -0.15) is 0 Å². The van der Waals surface area contributed by atoms with Gasteiger partial charge in [0, 0.05) is 31.9 Å². The second kappa shape index (κ2) is 8.22. The van der Waals surface area contributed by atoms with E-state index < -0.39 is 19.9 Å². The third-order valence-corrected chi connectivity index (χ3v) is 6.51. The molecule has 1 unspecified atom stereocenters. The van der Waals surface area contributed by atoms with Crippen molar-refractivity contribution >= 4 is 25.5 Å². The predicted octanol–water partition coefficient (Wildman–Crippen LogP) is 0.506. The number of hydrogen-bond acceptors (Lipinski definition) is 7. The predicted molar refractivity (Wildman–Crippen MR) is 100 cm³/mol. The number of nitrogens with two attached hydrogens (primary N) is 1. The van der Waals surface area contributed by atoms with Crippen molar-refractivity contribution in [3.05, 3.63) is 18.2 Å². The standard InChI is InChI=1S/C16H27N3O5S2/c1-12(2)15(19-6-8-24-9-7-19)11-18-14-5-4-13(26(17,22)23)10-16(14)25(3,20)21/h4-5,10,12,15,18H,6-9,11H2,1-3H3,(H2,17,22,23). The van der Waals surface area contributed by atoms with E-state index in [4.69, 9.17) is 9.88 Å². The van der Waals surface area contributed by atoms with Crippen LogP contribution in [0.15, 0.2) is 28.0 Å². The highest BCUT2D eigenvalue weighted by Gasteiger charge is 2.25. The summed E-state index contributed by atoms with van der Waals surface area (Å²) in [7, 11) is -7.60. The lowest BCUT2D eigenvalue weighted by Crippen LogP contribution is -2.49. The third-order valence-electron chi connectivity index (χ3n) is 4.47. The lowest BCUT2D eigenvalue weighted by Gasteiger charge is -2.37. The van der Waals surface area contributed by atoms with Gasteiger partial charge in [0.15, 0.2) is 9.84 Å². The first-order chi connectivity index (χ1) is 12.0. The summed E-state index contributed by atoms with van der Waals surface area (Å²) in [5.74, 6) is 0.353. The molecule has 8 nitrogen and oxygen atoms in total. The Morgan fingerprint density at radius 1 is 1.19 bits per heavy atom. The highest BCUT2D eigenvalue weighted by atomic mass is 32.2. The Balaban J connectivity index is 2.27. The SMILES string of the molecule is CC(C)C(CNc1ccc(S(N)(=O)=O)cc1S(C)(=O)=O)N1CCOCC1. The van der Waals surface area contributed by atoms with Crippen molar-refractivity contribution < 1.29 is 21.6 Å². The number of morpholine rings is 1. The number of hydrogen-bond donors (Lipinski definition) is 2. The fraction of sp³-hybridized carbons (Fsp3) is 0.625. The second-order valence-corrected chi connectivity index (χ2v) is 10.4. The first-order valence-electron chi connectivity index (χ1n) is 8.42. The van der Waals surface area contributed by atoms with Gasteiger partial charge in [0.05, 0.1) is 28.7 Å². The highest BCUT2D eigenvalue weighted by Crippen LogP contribution is 2.25. The molecule has 2 rings (SSSR count). The average Bonchev–Trinajstić information content (AvgIpc) is 2.54. The Bertz CT molecular complexity index is 831. The number of nitrogens with one attached hydrogen (secondary N) is 1. The van der Waals surface area contributed by atoms with E-state index in [0.29, 0.717) is 31.4 Å². The number of sulfone groups is 1. The summed E-state index contributed by atoms with van der Waals surface area (Å²) in [6.07, 6.45) is 1.04. The van der Waals surface area contributed by atoms with E-state index in [0.717, 1.165) is 25.4 Å². The number of nitrogens with zero attached hydrogens (tertiary/aromatic N) is 1. The number of anilines is 1. The Labute approximate surface area is 155 Å². The molecular formula is C16H27N3O5S2. The zero-order valence-corrected chi connectivity index (χ0v) is 16.9. The van der Waals surface area contributed by atoms with Crippen LogP contribution in [0.5, 0.6) is 0 Å². The molecule has 3 N–H and O–H groups in total. The van der Waals surface area contributed by atoms with Crippen molar-refractivity contribution in [2.45, 2.75) is 29.7 Å². The summed E-state index contributed by atoms with van der Waals surface area (Å²) >= 11 is 0. The molecule has 1 aliphatic rings. The van der Waals surface area contributed by atoms with Gasteiger partial charge in [-0.15, -0.1) is 0 Å². The minimum absolute atomic E-state index is 0.0755. The Kier molecular flexibility index (Phi) is 6.67. The van der Waals surface area contributed by atoms with Crippen LogP contribution < -0.4 is 10.5 Å². The molecule has 0 aliphatic carbocycles. The largest absolute Gasteiger partial charge is 0.382 e. The maximum atomic E-state index is 12.1. The van der Waals surface area contributed by atoms with E-state index in [1.807, 2.05) is 0 Å². The molecule has 1 fully saturated rings. The van der Waals surface area contributed by atoms with E-state index in [9.17, 15) is 16.8 Å². The van der Waals surface area contributed by atoms with Crippen molar-refractivity contribution in [1.29, 1.82) is 0 Å². The number of rotatable bonds is 7. The molecule has 1 heterocycles. The molecule has 1 aromatic carbocycles. The van der Waals surface area contributed by atoms with Gasteiger partial charge in [0.25, 0.3) is 0 Å². The van der Waals surface area contributed by atoms with Crippen LogP contribution in [0.4, 0.5) is 5.69 Å². The normalized spacial score (nSPS) is 18.0. The molecule has 0 amide bonds. The smallest absolute Gasteiger partial charge is 0.238 e. The molecule has 1 saturated heterocycles. The monoisotopic (exact) mass is 405 g/mol. The lowest BCUT2D eigenvalue weighted by molar-refractivity contribution is 0.00954. The molecule has 26 heavy (non-hydrogen) atoms. The summed E-state index contributed by atoms with van der Waals surface area (Å²) < 4.78 is 52.7. The summed E-state index contributed by atoms with van der Waals surface area (Å²) in [6.45, 7) is 7.78. The van der Waals surface area contributed by atoms with Crippen LogP contribution >= 0.6 is 0 Å². The van der Waals surface area contributed by atoms with E-state index in [-0.39, 0.29) is 15.8 Å². The van der Waals surface area contributed by atoms with Gasteiger partial charge < -0.3 is 10.1 Å². The minimum atomic E-state index is -3.98. The zero-order valence-electron chi connectivity index (χ0n) is 15.3. The molecule has 1 aliphatic heterocycles. The second-order valence-electron chi connectivity index (χ2n) is 6.82. The van der Waals surface area contributed by atoms with E-state index in [1.54, 1.807) is 0 Å². The van der Waals surface area contributed by atoms with Crippen LogP contribution in [0.1, 0.15) is 13.8 Å². The topological polar surface area (TPSA) is 119 Å². The Hall–Kier alpha value is -1.20. The summed E-state index contributed by atoms with van der Waals surface area (Å²) in [4.78, 5) is 2.02. The van der Waals surface area contributed by atoms with Crippen molar-refractivity contribution in [3.8, 4) is 0 Å². The first-order valence-corrected chi connectivity index (χ1v) is 11.9. The molecule has 0 radical (unpaired) electrons. The zero-order chi connectivity index (χ0) is 19.5. The fourth-order valence-corrected chi connectivity index (χ4v) is 4.54. The van der Waals surface area contributed by atoms with Gasteiger partial charge >= 0.3 is 0 Å². The summed E-state index contributed by atoms with van der Waals surface area (Å²) in [5, 5.41) is 8.30. The minimum Gasteiger partial charge on any atom is -0.382 e. The van der Waals surface area contributed by atoms with Crippen LogP contribution in [0.3, 0.4) is 0 Å². The molecule has 10 heteroatoms. The number of ether oxygens (including phenoxy) is 1. The summed E-state index contributed by atoms with van der Waals surface area (Å²) in [5.41, 5.74) is 0.374. The van der Waals surface area contributed by atoms with Gasteiger partial charge in [0.1, 0.15) is 0 Å². The van der Waals surface area contributed by atoms with Gasteiger partial charge in [0.2, 0.25) is 10.0 Å². The molecular weight excluding hydrogens is 378 g/mol. The number of primary sulfonamides is 1. The van der Waals surface area contributed by atoms with Gasteiger partial charge in [-0.3, -0.25) is 4.90 Å². The van der Waals surface area contributed by atoms with Crippen LogP contribution in [0.2, 0.25) is 0 Å². The molecule has 0 saturated carbocycles. The maximum absolute atomic E-state index is 12.1. The Morgan fingerprint density at radius 3 is 2.31 bits per heavy atom. The third kappa shape index (κ3) is 5.40. The van der Waals surface area contributed by atoms with Crippen LogP contribution in [0.25, 0.3) is 0 Å². The molecule has 1 aromatic rings. The van der Waals surface area contributed by atoms with Crippen LogP contribution in [-0.2, 0) is 24.6 Å².